The summed E-state index contributed by atoms with van der Waals surface area (Å²) in [6.07, 6.45) is -4.08. The van der Waals surface area contributed by atoms with Crippen molar-refractivity contribution < 1.29 is 22.8 Å². The first-order chi connectivity index (χ1) is 13.3. The lowest BCUT2D eigenvalue weighted by molar-refractivity contribution is -0.199. The smallest absolute Gasteiger partial charge is 0.309 e. The van der Waals surface area contributed by atoms with Crippen molar-refractivity contribution in [3.63, 3.8) is 0 Å². The fraction of sp³-hybridized carbons (Fsp3) is 0.0556. The number of carbonyl (C=O) groups excluding carboxylic acids is 1. The molecule has 0 radical (unpaired) electrons. The Morgan fingerprint density at radius 3 is 2.61 bits per heavy atom. The quantitative estimate of drug-likeness (QED) is 0.255. The number of nitrogens with zero attached hydrogens (tertiary/aromatic N) is 3. The molecule has 2 aromatic carbocycles. The van der Waals surface area contributed by atoms with Crippen LogP contribution in [-0.2, 0) is 9.63 Å². The molecule has 2 aromatic heterocycles. The van der Waals surface area contributed by atoms with Gasteiger partial charge in [0, 0.05) is 10.6 Å². The van der Waals surface area contributed by atoms with E-state index in [1.54, 1.807) is 28.7 Å². The van der Waals surface area contributed by atoms with E-state index in [4.69, 9.17) is 11.6 Å². The first kappa shape index (κ1) is 18.5. The van der Waals surface area contributed by atoms with Crippen molar-refractivity contribution in [3.05, 3.63) is 59.2 Å². The topological polar surface area (TPSA) is 56.0 Å². The predicted octanol–water partition coefficient (Wildman–Crippen LogP) is 5.31. The summed E-state index contributed by atoms with van der Waals surface area (Å²) in [5.74, 6) is -2.40. The van der Waals surface area contributed by atoms with Crippen LogP contribution in [0.4, 0.5) is 13.2 Å². The van der Waals surface area contributed by atoms with E-state index in [1.165, 1.54) is 11.3 Å². The van der Waals surface area contributed by atoms with E-state index in [9.17, 15) is 18.0 Å². The third-order valence-electron chi connectivity index (χ3n) is 3.85. The van der Waals surface area contributed by atoms with Crippen LogP contribution in [0.25, 0.3) is 26.4 Å². The molecule has 28 heavy (non-hydrogen) atoms. The summed E-state index contributed by atoms with van der Waals surface area (Å²) in [6.45, 7) is 0. The second-order valence-electron chi connectivity index (χ2n) is 5.65. The number of halogens is 4. The van der Waals surface area contributed by atoms with Gasteiger partial charge >= 0.3 is 12.1 Å². The zero-order valence-corrected chi connectivity index (χ0v) is 15.3. The molecule has 0 aliphatic carbocycles. The van der Waals surface area contributed by atoms with Crippen molar-refractivity contribution in [2.45, 2.75) is 6.18 Å². The van der Waals surface area contributed by atoms with Gasteiger partial charge in [-0.05, 0) is 24.3 Å². The Morgan fingerprint density at radius 2 is 1.89 bits per heavy atom. The second-order valence-corrected chi connectivity index (χ2v) is 7.10. The number of imidazole rings is 1. The summed E-state index contributed by atoms with van der Waals surface area (Å²) < 4.78 is 39.7. The second kappa shape index (κ2) is 6.92. The third-order valence-corrected chi connectivity index (χ3v) is 5.12. The molecular formula is C18H9ClF3N3O2S. The highest BCUT2D eigenvalue weighted by atomic mass is 35.5. The SMILES string of the molecule is O=C(O/N=C/c1c(-c2ccc(Cl)cc2)nc2sc3ccccc3n12)C(F)(F)F. The minimum Gasteiger partial charge on any atom is -0.309 e. The zero-order valence-electron chi connectivity index (χ0n) is 13.8. The van der Waals surface area contributed by atoms with Gasteiger partial charge in [-0.1, -0.05) is 52.4 Å². The van der Waals surface area contributed by atoms with Crippen molar-refractivity contribution in [1.82, 2.24) is 9.38 Å². The third kappa shape index (κ3) is 3.34. The van der Waals surface area contributed by atoms with Gasteiger partial charge in [0.2, 0.25) is 0 Å². The zero-order chi connectivity index (χ0) is 19.9. The Balaban J connectivity index is 1.86. The van der Waals surface area contributed by atoms with E-state index >= 15 is 0 Å². The summed E-state index contributed by atoms with van der Waals surface area (Å²) in [6, 6.07) is 14.3. The molecule has 0 fully saturated rings. The summed E-state index contributed by atoms with van der Waals surface area (Å²) in [4.78, 5) is 20.1. The maximum atomic E-state index is 12.3. The fourth-order valence-electron chi connectivity index (χ4n) is 2.65. The van der Waals surface area contributed by atoms with Gasteiger partial charge in [0.15, 0.2) is 4.96 Å². The van der Waals surface area contributed by atoms with Gasteiger partial charge in [0.1, 0.15) is 0 Å². The van der Waals surface area contributed by atoms with E-state index in [-0.39, 0.29) is 0 Å². The van der Waals surface area contributed by atoms with Crippen LogP contribution in [0.1, 0.15) is 5.69 Å². The molecule has 2 heterocycles. The molecule has 0 bridgehead atoms. The molecule has 0 atom stereocenters. The molecule has 0 amide bonds. The monoisotopic (exact) mass is 423 g/mol. The molecule has 0 aliphatic heterocycles. The van der Waals surface area contributed by atoms with Crippen molar-refractivity contribution in [2.75, 3.05) is 0 Å². The van der Waals surface area contributed by atoms with Crippen LogP contribution in [0.5, 0.6) is 0 Å². The Kier molecular flexibility index (Phi) is 4.56. The van der Waals surface area contributed by atoms with E-state index in [0.717, 1.165) is 16.4 Å². The number of alkyl halides is 3. The van der Waals surface area contributed by atoms with E-state index < -0.39 is 12.1 Å². The summed E-state index contributed by atoms with van der Waals surface area (Å²) in [5.41, 5.74) is 2.34. The van der Waals surface area contributed by atoms with Crippen molar-refractivity contribution >= 4 is 50.3 Å². The number of fused-ring (bicyclic) bond motifs is 3. The Hall–Kier alpha value is -2.91. The number of aromatic nitrogens is 2. The Bertz CT molecular complexity index is 1210. The van der Waals surface area contributed by atoms with Gasteiger partial charge in [-0.25, -0.2) is 9.78 Å². The first-order valence-electron chi connectivity index (χ1n) is 7.82. The number of carbonyl (C=O) groups is 1. The van der Waals surface area contributed by atoms with Crippen LogP contribution in [0.2, 0.25) is 5.02 Å². The highest BCUT2D eigenvalue weighted by Gasteiger charge is 2.41. The maximum Gasteiger partial charge on any atom is 0.493 e. The van der Waals surface area contributed by atoms with Crippen LogP contribution in [0, 0.1) is 0 Å². The number of hydrogen-bond donors (Lipinski definition) is 0. The minimum atomic E-state index is -5.13. The number of hydrogen-bond acceptors (Lipinski definition) is 5. The molecule has 10 heteroatoms. The van der Waals surface area contributed by atoms with Crippen molar-refractivity contribution in [1.29, 1.82) is 0 Å². The van der Waals surface area contributed by atoms with Crippen LogP contribution >= 0.6 is 22.9 Å². The molecule has 4 aromatic rings. The normalized spacial score (nSPS) is 12.3. The maximum absolute atomic E-state index is 12.3. The largest absolute Gasteiger partial charge is 0.493 e. The summed E-state index contributed by atoms with van der Waals surface area (Å²) >= 11 is 7.34. The molecule has 0 spiro atoms. The molecular weight excluding hydrogens is 415 g/mol. The number of rotatable bonds is 3. The predicted molar refractivity (Wildman–Crippen MR) is 101 cm³/mol. The van der Waals surface area contributed by atoms with Gasteiger partial charge in [0.25, 0.3) is 0 Å². The number of benzene rings is 2. The molecule has 4 rings (SSSR count). The van der Waals surface area contributed by atoms with E-state index in [2.05, 4.69) is 15.0 Å². The average Bonchev–Trinajstić information content (AvgIpc) is 3.18. The summed E-state index contributed by atoms with van der Waals surface area (Å²) in [5, 5.41) is 3.78. The molecule has 0 N–H and O–H groups in total. The van der Waals surface area contributed by atoms with E-state index in [0.29, 0.717) is 26.9 Å². The van der Waals surface area contributed by atoms with Crippen LogP contribution in [-0.4, -0.2) is 27.7 Å². The Labute approximate surface area is 164 Å². The molecule has 0 unspecified atom stereocenters. The molecule has 142 valence electrons. The average molecular weight is 424 g/mol. The van der Waals surface area contributed by atoms with E-state index in [1.807, 2.05) is 24.3 Å². The highest BCUT2D eigenvalue weighted by Crippen LogP contribution is 2.32. The van der Waals surface area contributed by atoms with Crippen LogP contribution in [0.15, 0.2) is 53.7 Å². The van der Waals surface area contributed by atoms with Crippen LogP contribution in [0.3, 0.4) is 0 Å². The summed E-state index contributed by atoms with van der Waals surface area (Å²) in [7, 11) is 0. The minimum absolute atomic E-state index is 0.379. The molecule has 0 saturated heterocycles. The Morgan fingerprint density at radius 1 is 1.18 bits per heavy atom. The van der Waals surface area contributed by atoms with Gasteiger partial charge < -0.3 is 4.84 Å². The lowest BCUT2D eigenvalue weighted by Gasteiger charge is -2.03. The number of oxime groups is 1. The highest BCUT2D eigenvalue weighted by molar-refractivity contribution is 7.23. The number of para-hydroxylation sites is 1. The standard InChI is InChI=1S/C18H9ClF3N3O2S/c19-11-7-5-10(6-8-11)15-13(9-23-27-16(26)18(20,21)22)25-12-3-1-2-4-14(12)28-17(25)24-15/h1-9H/b23-9+. The van der Waals surface area contributed by atoms with Gasteiger partial charge in [-0.3, -0.25) is 4.40 Å². The fourth-order valence-corrected chi connectivity index (χ4v) is 3.81. The van der Waals surface area contributed by atoms with Gasteiger partial charge in [-0.2, -0.15) is 13.2 Å². The van der Waals surface area contributed by atoms with Crippen molar-refractivity contribution in [3.8, 4) is 11.3 Å². The van der Waals surface area contributed by atoms with Crippen molar-refractivity contribution in [2.24, 2.45) is 5.16 Å². The lowest BCUT2D eigenvalue weighted by Crippen LogP contribution is -2.23. The van der Waals surface area contributed by atoms with Gasteiger partial charge in [-0.15, -0.1) is 0 Å². The first-order valence-corrected chi connectivity index (χ1v) is 9.01. The number of thiazole rings is 1. The molecule has 0 saturated carbocycles. The molecule has 0 aliphatic rings. The van der Waals surface area contributed by atoms with Gasteiger partial charge in [0.05, 0.1) is 27.8 Å². The van der Waals surface area contributed by atoms with Crippen LogP contribution < -0.4 is 0 Å². The lowest BCUT2D eigenvalue weighted by atomic mass is 10.1. The molecule has 5 nitrogen and oxygen atoms in total.